The van der Waals surface area contributed by atoms with E-state index in [0.29, 0.717) is 16.8 Å². The maximum atomic E-state index is 6.77. The summed E-state index contributed by atoms with van der Waals surface area (Å²) in [5.41, 5.74) is 4.66. The van der Waals surface area contributed by atoms with E-state index >= 15 is 0 Å². The zero-order valence-corrected chi connectivity index (χ0v) is 18.5. The first-order chi connectivity index (χ1) is 14.7. The molecule has 154 valence electrons. The van der Waals surface area contributed by atoms with Gasteiger partial charge in [-0.1, -0.05) is 18.5 Å². The lowest BCUT2D eigenvalue weighted by Crippen LogP contribution is -2.30. The molecule has 1 N–H and O–H groups in total. The summed E-state index contributed by atoms with van der Waals surface area (Å²) >= 11 is 8.27. The lowest BCUT2D eigenvalue weighted by Gasteiger charge is -2.21. The number of fused-ring (bicyclic) bond motifs is 2. The van der Waals surface area contributed by atoms with Crippen LogP contribution in [-0.2, 0) is 6.42 Å². The van der Waals surface area contributed by atoms with Crippen molar-refractivity contribution in [3.63, 3.8) is 0 Å². The molecule has 2 aliphatic rings. The van der Waals surface area contributed by atoms with Gasteiger partial charge in [0.15, 0.2) is 10.8 Å². The summed E-state index contributed by atoms with van der Waals surface area (Å²) in [7, 11) is 2.01. The summed E-state index contributed by atoms with van der Waals surface area (Å²) < 4.78 is 0. The Morgan fingerprint density at radius 2 is 2.10 bits per heavy atom. The third-order valence-corrected chi connectivity index (χ3v) is 6.97. The number of pyridine rings is 1. The highest BCUT2D eigenvalue weighted by molar-refractivity contribution is 7.99. The van der Waals surface area contributed by atoms with E-state index in [0.717, 1.165) is 64.9 Å². The summed E-state index contributed by atoms with van der Waals surface area (Å²) in [6.07, 6.45) is 7.92. The van der Waals surface area contributed by atoms with Gasteiger partial charge in [0.05, 0.1) is 16.3 Å². The number of allylic oxidation sites excluding steroid dienone is 1. The molecular formula is C21H22ClN7S. The Bertz CT molecular complexity index is 1150. The number of nitrogens with one attached hydrogen (secondary N) is 1. The third-order valence-electron chi connectivity index (χ3n) is 5.69. The molecule has 3 aromatic heterocycles. The molecule has 4 heterocycles. The van der Waals surface area contributed by atoms with Crippen LogP contribution in [0, 0.1) is 0 Å². The van der Waals surface area contributed by atoms with Gasteiger partial charge in [-0.15, -0.1) is 0 Å². The number of aromatic nitrogens is 5. The van der Waals surface area contributed by atoms with Crippen LogP contribution in [0.3, 0.4) is 0 Å². The predicted molar refractivity (Wildman–Crippen MR) is 120 cm³/mol. The highest BCUT2D eigenvalue weighted by Gasteiger charge is 2.31. The van der Waals surface area contributed by atoms with E-state index < -0.39 is 0 Å². The second kappa shape index (κ2) is 8.09. The topological polar surface area (TPSA) is 79.7 Å². The van der Waals surface area contributed by atoms with Crippen molar-refractivity contribution in [1.29, 1.82) is 0 Å². The lowest BCUT2D eigenvalue weighted by molar-refractivity contribution is 0.616. The summed E-state index contributed by atoms with van der Waals surface area (Å²) in [6, 6.07) is 2.44. The molecule has 0 aromatic carbocycles. The summed E-state index contributed by atoms with van der Waals surface area (Å²) in [4.78, 5) is 26.1. The quantitative estimate of drug-likeness (QED) is 0.603. The average Bonchev–Trinajstić information content (AvgIpc) is 3.38. The van der Waals surface area contributed by atoms with Crippen molar-refractivity contribution < 1.29 is 0 Å². The van der Waals surface area contributed by atoms with Crippen LogP contribution in [0.2, 0.25) is 0 Å². The summed E-state index contributed by atoms with van der Waals surface area (Å²) in [6.45, 7) is 4.02. The maximum Gasteiger partial charge on any atom is 0.194 e. The van der Waals surface area contributed by atoms with Crippen molar-refractivity contribution in [3.05, 3.63) is 41.5 Å². The molecular weight excluding hydrogens is 418 g/mol. The number of anilines is 1. The van der Waals surface area contributed by atoms with Crippen LogP contribution in [0.1, 0.15) is 31.0 Å². The Kier molecular flexibility index (Phi) is 5.30. The van der Waals surface area contributed by atoms with Crippen LogP contribution in [0.5, 0.6) is 0 Å². The van der Waals surface area contributed by atoms with Crippen LogP contribution in [0.25, 0.3) is 16.2 Å². The predicted octanol–water partition coefficient (Wildman–Crippen LogP) is 3.68. The van der Waals surface area contributed by atoms with Gasteiger partial charge >= 0.3 is 0 Å². The second-order valence-electron chi connectivity index (χ2n) is 7.49. The van der Waals surface area contributed by atoms with Crippen molar-refractivity contribution in [2.75, 3.05) is 25.0 Å². The minimum Gasteiger partial charge on any atom is -0.354 e. The molecule has 1 unspecified atom stereocenters. The molecule has 9 heteroatoms. The average molecular weight is 440 g/mol. The highest BCUT2D eigenvalue weighted by Crippen LogP contribution is 2.43. The highest BCUT2D eigenvalue weighted by atomic mass is 35.5. The third kappa shape index (κ3) is 3.53. The fourth-order valence-electron chi connectivity index (χ4n) is 4.02. The summed E-state index contributed by atoms with van der Waals surface area (Å²) in [5, 5.41) is 4.92. The normalized spacial score (nSPS) is 18.5. The maximum absolute atomic E-state index is 6.77. The van der Waals surface area contributed by atoms with Crippen molar-refractivity contribution in [2.24, 2.45) is 0 Å². The number of likely N-dealkylation sites (N-methyl/N-ethyl adjacent to an activating group) is 1. The molecule has 0 amide bonds. The van der Waals surface area contributed by atoms with Crippen LogP contribution < -0.4 is 10.2 Å². The minimum atomic E-state index is 0.463. The number of rotatable bonds is 5. The van der Waals surface area contributed by atoms with E-state index in [2.05, 4.69) is 32.1 Å². The van der Waals surface area contributed by atoms with E-state index in [-0.39, 0.29) is 0 Å². The molecule has 0 spiro atoms. The molecule has 7 nitrogen and oxygen atoms in total. The number of nitrogens with zero attached hydrogens (tertiary/aromatic N) is 6. The molecule has 0 bridgehead atoms. The Labute approximate surface area is 184 Å². The monoisotopic (exact) mass is 439 g/mol. The van der Waals surface area contributed by atoms with Gasteiger partial charge in [0, 0.05) is 49.0 Å². The molecule has 0 saturated carbocycles. The Balaban J connectivity index is 1.53. The SMILES string of the molecule is CCC1=C(Cl)c2c(nc(Sc3cnc4nccnc4c3)nc2N2CCC(NC)C2)C1. The first-order valence-electron chi connectivity index (χ1n) is 10.1. The minimum absolute atomic E-state index is 0.463. The molecule has 3 aromatic rings. The Hall–Kier alpha value is -2.29. The van der Waals surface area contributed by atoms with Crippen LogP contribution in [-0.4, -0.2) is 51.1 Å². The second-order valence-corrected chi connectivity index (χ2v) is 8.91. The smallest absolute Gasteiger partial charge is 0.194 e. The largest absolute Gasteiger partial charge is 0.354 e. The molecule has 1 aliphatic heterocycles. The van der Waals surface area contributed by atoms with Crippen LogP contribution >= 0.6 is 23.4 Å². The van der Waals surface area contributed by atoms with Gasteiger partial charge < -0.3 is 10.2 Å². The van der Waals surface area contributed by atoms with E-state index in [9.17, 15) is 0 Å². The molecule has 1 saturated heterocycles. The standard InChI is InChI=1S/C21H22ClN7S/c1-3-12-8-15-17(18(12)22)20(29-7-4-13(11-29)23-2)28-21(27-15)30-14-9-16-19(26-10-14)25-6-5-24-16/h5-6,9-10,13,23H,3-4,7-8,11H2,1-2H3. The Morgan fingerprint density at radius 3 is 2.90 bits per heavy atom. The zero-order chi connectivity index (χ0) is 20.7. The first kappa shape index (κ1) is 19.7. The lowest BCUT2D eigenvalue weighted by atomic mass is 10.2. The number of hydrogen-bond acceptors (Lipinski definition) is 8. The van der Waals surface area contributed by atoms with Crippen molar-refractivity contribution in [1.82, 2.24) is 30.2 Å². The van der Waals surface area contributed by atoms with E-state index in [1.54, 1.807) is 18.6 Å². The van der Waals surface area contributed by atoms with Gasteiger partial charge in [-0.05, 0) is 43.3 Å². The molecule has 1 atom stereocenters. The van der Waals surface area contributed by atoms with Crippen LogP contribution in [0.4, 0.5) is 5.82 Å². The van der Waals surface area contributed by atoms with Gasteiger partial charge in [0.2, 0.25) is 0 Å². The van der Waals surface area contributed by atoms with Gasteiger partial charge in [0.25, 0.3) is 0 Å². The molecule has 1 fully saturated rings. The van der Waals surface area contributed by atoms with Crippen molar-refractivity contribution in [3.8, 4) is 0 Å². The zero-order valence-electron chi connectivity index (χ0n) is 16.9. The van der Waals surface area contributed by atoms with Crippen molar-refractivity contribution >= 4 is 45.4 Å². The molecule has 1 aliphatic carbocycles. The van der Waals surface area contributed by atoms with Gasteiger partial charge in [-0.2, -0.15) is 0 Å². The number of halogens is 1. The van der Waals surface area contributed by atoms with Gasteiger partial charge in [0.1, 0.15) is 11.3 Å². The first-order valence-corrected chi connectivity index (χ1v) is 11.3. The number of hydrogen-bond donors (Lipinski definition) is 1. The van der Waals surface area contributed by atoms with Crippen molar-refractivity contribution in [2.45, 2.75) is 42.3 Å². The van der Waals surface area contributed by atoms with E-state index in [1.807, 2.05) is 13.1 Å². The van der Waals surface area contributed by atoms with E-state index in [4.69, 9.17) is 21.6 Å². The molecule has 30 heavy (non-hydrogen) atoms. The molecule has 0 radical (unpaired) electrons. The van der Waals surface area contributed by atoms with Gasteiger partial charge in [-0.3, -0.25) is 4.98 Å². The fraction of sp³-hybridized carbons (Fsp3) is 0.381. The fourth-order valence-corrected chi connectivity index (χ4v) is 5.19. The Morgan fingerprint density at radius 1 is 1.23 bits per heavy atom. The molecule has 5 rings (SSSR count). The van der Waals surface area contributed by atoms with Crippen LogP contribution in [0.15, 0.2) is 40.3 Å². The van der Waals surface area contributed by atoms with Gasteiger partial charge in [-0.25, -0.2) is 19.9 Å². The van der Waals surface area contributed by atoms with E-state index in [1.165, 1.54) is 17.3 Å². The summed E-state index contributed by atoms with van der Waals surface area (Å²) in [5.74, 6) is 0.947.